The van der Waals surface area contributed by atoms with Crippen molar-refractivity contribution in [2.75, 3.05) is 0 Å². The molecule has 0 heterocycles. The van der Waals surface area contributed by atoms with E-state index in [0.29, 0.717) is 0 Å². The quantitative estimate of drug-likeness (QED) is 0.562. The van der Waals surface area contributed by atoms with Gasteiger partial charge in [-0.3, -0.25) is 0 Å². The van der Waals surface area contributed by atoms with Gasteiger partial charge in [-0.2, -0.15) is 0 Å². The molecule has 22 heavy (non-hydrogen) atoms. The van der Waals surface area contributed by atoms with Gasteiger partial charge < -0.3 is 4.79 Å². The monoisotopic (exact) mass is 310 g/mol. The average Bonchev–Trinajstić information content (AvgIpc) is 2.51. The Morgan fingerprint density at radius 1 is 1.00 bits per heavy atom. The first-order valence-corrected chi connectivity index (χ1v) is 8.86. The molecule has 0 atom stereocenters. The third kappa shape index (κ3) is 36.4. The molecule has 0 saturated carbocycles. The molecule has 1 nitrogen and oxygen atoms in total. The molecule has 0 aliphatic rings. The Bertz CT molecular complexity index is 309. The number of benzene rings is 1. The Hall–Kier alpha value is -1.11. The van der Waals surface area contributed by atoms with Crippen molar-refractivity contribution in [2.24, 2.45) is 5.92 Å². The molecule has 0 spiro atoms. The van der Waals surface area contributed by atoms with Gasteiger partial charge in [0.2, 0.25) is 0 Å². The van der Waals surface area contributed by atoms with Gasteiger partial charge in [-0.15, -0.1) is 0 Å². The Labute approximate surface area is 141 Å². The highest BCUT2D eigenvalue weighted by atomic mass is 16.1. The van der Waals surface area contributed by atoms with E-state index in [4.69, 9.17) is 0 Å². The van der Waals surface area contributed by atoms with E-state index in [1.54, 1.807) is 0 Å². The van der Waals surface area contributed by atoms with Crippen LogP contribution in [0.3, 0.4) is 0 Å². The highest BCUT2D eigenvalue weighted by molar-refractivity contribution is 5.72. The molecule has 1 rings (SSSR count). The van der Waals surface area contributed by atoms with Crippen molar-refractivity contribution in [3.05, 3.63) is 35.4 Å². The topological polar surface area (TPSA) is 17.1 Å². The molecule has 0 unspecified atom stereocenters. The van der Waals surface area contributed by atoms with Crippen molar-refractivity contribution in [3.63, 3.8) is 0 Å². The minimum Gasteiger partial charge on any atom is -0.300 e. The van der Waals surface area contributed by atoms with Crippen molar-refractivity contribution in [1.29, 1.82) is 0 Å². The maximum atomic E-state index is 9.44. The molecule has 1 aromatic rings. The molecule has 0 aliphatic heterocycles. The zero-order valence-electron chi connectivity index (χ0n) is 17.2. The average molecular weight is 311 g/mol. The molecule has 0 N–H and O–H groups in total. The van der Waals surface area contributed by atoms with Crippen LogP contribution < -0.4 is 0 Å². The van der Waals surface area contributed by atoms with Gasteiger partial charge in [0.25, 0.3) is 0 Å². The Morgan fingerprint density at radius 3 is 1.55 bits per heavy atom. The lowest BCUT2D eigenvalue weighted by molar-refractivity contribution is -0.114. The first-order chi connectivity index (χ1) is 10.3. The standard InChI is InChI=1S/C9H12.C5H12.C3H6O.2C2H6/c1-3-9-6-4-5-8(2)7-9;1-4-5(2)3;1-3(2)4;2*1-2/h4-7H,3H2,1-2H3;5H,4H2,1-3H3;1-2H3;2*1-2H3. The predicted molar refractivity (Wildman–Crippen MR) is 105 cm³/mol. The van der Waals surface area contributed by atoms with Gasteiger partial charge in [-0.1, -0.05) is 91.6 Å². The van der Waals surface area contributed by atoms with Crippen LogP contribution in [-0.4, -0.2) is 5.78 Å². The van der Waals surface area contributed by atoms with Gasteiger partial charge >= 0.3 is 0 Å². The van der Waals surface area contributed by atoms with Crippen LogP contribution in [-0.2, 0) is 11.2 Å². The number of carbonyl (C=O) groups excluding carboxylic acids is 1. The van der Waals surface area contributed by atoms with Crippen LogP contribution in [0.15, 0.2) is 24.3 Å². The Morgan fingerprint density at radius 2 is 1.36 bits per heavy atom. The summed E-state index contributed by atoms with van der Waals surface area (Å²) in [7, 11) is 0. The largest absolute Gasteiger partial charge is 0.300 e. The number of Topliss-reactive ketones (excluding diaryl/α,β-unsaturated/α-hetero) is 1. The van der Waals surface area contributed by atoms with Gasteiger partial charge in [0.05, 0.1) is 0 Å². The molecule has 0 fully saturated rings. The molecule has 132 valence electrons. The van der Waals surface area contributed by atoms with Crippen molar-refractivity contribution < 1.29 is 4.79 Å². The normalized spacial score (nSPS) is 7.82. The molecule has 1 aromatic carbocycles. The summed E-state index contributed by atoms with van der Waals surface area (Å²) in [5.41, 5.74) is 2.78. The van der Waals surface area contributed by atoms with E-state index in [9.17, 15) is 4.79 Å². The summed E-state index contributed by atoms with van der Waals surface area (Å²) in [6.45, 7) is 22.0. The summed E-state index contributed by atoms with van der Waals surface area (Å²) in [4.78, 5) is 9.44. The lowest BCUT2D eigenvalue weighted by atomic mass is 10.1. The van der Waals surface area contributed by atoms with E-state index >= 15 is 0 Å². The Kier molecular flexibility index (Phi) is 32.8. The summed E-state index contributed by atoms with van der Waals surface area (Å²) in [6.07, 6.45) is 2.45. The third-order valence-corrected chi connectivity index (χ3v) is 2.31. The van der Waals surface area contributed by atoms with Gasteiger partial charge in [0, 0.05) is 0 Å². The van der Waals surface area contributed by atoms with Crippen LogP contribution in [0.4, 0.5) is 0 Å². The lowest BCUT2D eigenvalue weighted by Gasteiger charge is -1.95. The van der Waals surface area contributed by atoms with Crippen LogP contribution in [0.1, 0.15) is 86.8 Å². The predicted octanol–water partition coefficient (Wildman–Crippen LogP) is 7.26. The van der Waals surface area contributed by atoms with Gasteiger partial charge in [-0.05, 0) is 38.7 Å². The third-order valence-electron chi connectivity index (χ3n) is 2.31. The molecular weight excluding hydrogens is 268 g/mol. The fourth-order valence-corrected chi connectivity index (χ4v) is 0.932. The van der Waals surface area contributed by atoms with Crippen LogP contribution in [0.25, 0.3) is 0 Å². The van der Waals surface area contributed by atoms with Crippen LogP contribution in [0.5, 0.6) is 0 Å². The second-order valence-corrected chi connectivity index (χ2v) is 5.05. The van der Waals surface area contributed by atoms with Gasteiger partial charge in [-0.25, -0.2) is 0 Å². The highest BCUT2D eigenvalue weighted by Crippen LogP contribution is 2.03. The van der Waals surface area contributed by atoms with Gasteiger partial charge in [0.1, 0.15) is 5.78 Å². The summed E-state index contributed by atoms with van der Waals surface area (Å²) < 4.78 is 0. The fourth-order valence-electron chi connectivity index (χ4n) is 0.932. The van der Waals surface area contributed by atoms with Crippen LogP contribution in [0, 0.1) is 12.8 Å². The molecule has 0 saturated heterocycles. The maximum absolute atomic E-state index is 9.44. The molecule has 0 amide bonds. The van der Waals surface area contributed by atoms with E-state index < -0.39 is 0 Å². The summed E-state index contributed by atoms with van der Waals surface area (Å²) in [6, 6.07) is 8.61. The number of hydrogen-bond acceptors (Lipinski definition) is 1. The van der Waals surface area contributed by atoms with Crippen molar-refractivity contribution >= 4 is 5.78 Å². The first kappa shape index (κ1) is 29.0. The Balaban J connectivity index is -0.000000107. The maximum Gasteiger partial charge on any atom is 0.126 e. The molecule has 0 aliphatic carbocycles. The fraction of sp³-hybridized carbons (Fsp3) is 0.667. The van der Waals surface area contributed by atoms with Crippen molar-refractivity contribution in [1.82, 2.24) is 0 Å². The second kappa shape index (κ2) is 24.9. The summed E-state index contributed by atoms with van der Waals surface area (Å²) in [5.74, 6) is 1.05. The zero-order chi connectivity index (χ0) is 18.6. The lowest BCUT2D eigenvalue weighted by Crippen LogP contribution is -1.78. The molecule has 0 bridgehead atoms. The number of ketones is 1. The zero-order valence-corrected chi connectivity index (χ0v) is 17.2. The van der Waals surface area contributed by atoms with Gasteiger partial charge in [0.15, 0.2) is 0 Å². The van der Waals surface area contributed by atoms with E-state index in [-0.39, 0.29) is 5.78 Å². The molecule has 1 heteroatoms. The smallest absolute Gasteiger partial charge is 0.126 e. The SMILES string of the molecule is CC.CC.CC(C)=O.CCC(C)C.CCc1cccc(C)c1. The van der Waals surface area contributed by atoms with E-state index in [0.717, 1.165) is 12.3 Å². The highest BCUT2D eigenvalue weighted by Gasteiger charge is 1.85. The number of rotatable bonds is 2. The number of hydrogen-bond donors (Lipinski definition) is 0. The first-order valence-electron chi connectivity index (χ1n) is 8.86. The molecular formula is C21H42O. The summed E-state index contributed by atoms with van der Waals surface area (Å²) in [5, 5.41) is 0. The van der Waals surface area contributed by atoms with Crippen LogP contribution in [0.2, 0.25) is 0 Å². The number of aryl methyl sites for hydroxylation is 2. The van der Waals surface area contributed by atoms with E-state index in [2.05, 4.69) is 58.9 Å². The number of carbonyl (C=O) groups is 1. The second-order valence-electron chi connectivity index (χ2n) is 5.05. The minimum atomic E-state index is 0.167. The van der Waals surface area contributed by atoms with Crippen LogP contribution >= 0.6 is 0 Å². The van der Waals surface area contributed by atoms with E-state index in [1.807, 2.05) is 27.7 Å². The molecule has 0 aromatic heterocycles. The van der Waals surface area contributed by atoms with Crippen molar-refractivity contribution in [3.8, 4) is 0 Å². The van der Waals surface area contributed by atoms with E-state index in [1.165, 1.54) is 31.4 Å². The summed E-state index contributed by atoms with van der Waals surface area (Å²) >= 11 is 0. The minimum absolute atomic E-state index is 0.167. The molecule has 0 radical (unpaired) electrons. The van der Waals surface area contributed by atoms with Crippen molar-refractivity contribution in [2.45, 2.75) is 89.0 Å².